The molecule has 1 fully saturated rings. The predicted octanol–water partition coefficient (Wildman–Crippen LogP) is 3.60. The Kier molecular flexibility index (Phi) is 7.23. The summed E-state index contributed by atoms with van der Waals surface area (Å²) in [4.78, 5) is 26.5. The van der Waals surface area contributed by atoms with Gasteiger partial charge < -0.3 is 9.64 Å². The molecule has 1 aliphatic rings. The maximum absolute atomic E-state index is 13.6. The van der Waals surface area contributed by atoms with Crippen molar-refractivity contribution in [1.29, 1.82) is 0 Å². The fourth-order valence-corrected chi connectivity index (χ4v) is 5.56. The highest BCUT2D eigenvalue weighted by atomic mass is 32.2. The number of piperidine rings is 1. The third-order valence-corrected chi connectivity index (χ3v) is 7.50. The first kappa shape index (κ1) is 23.8. The molecule has 2 atom stereocenters. The van der Waals surface area contributed by atoms with Crippen LogP contribution in [0.1, 0.15) is 37.6 Å². The fourth-order valence-electron chi connectivity index (χ4n) is 4.14. The van der Waals surface area contributed by atoms with Gasteiger partial charge in [0, 0.05) is 18.7 Å². The third kappa shape index (κ3) is 5.30. The molecule has 8 heteroatoms. The van der Waals surface area contributed by atoms with Gasteiger partial charge >= 0.3 is 0 Å². The number of benzene rings is 2. The minimum atomic E-state index is -4.04. The number of rotatable bonds is 7. The number of carbonyl (C=O) groups excluding carboxylic acids is 2. The lowest BCUT2D eigenvalue weighted by atomic mass is 9.92. The molecule has 172 valence electrons. The second-order valence-electron chi connectivity index (χ2n) is 8.54. The molecule has 1 aliphatic heterocycles. The van der Waals surface area contributed by atoms with Crippen LogP contribution in [0.5, 0.6) is 5.75 Å². The molecular formula is C24H30N2O5S. The summed E-state index contributed by atoms with van der Waals surface area (Å²) in [6.45, 7) is 6.56. The van der Waals surface area contributed by atoms with Crippen LogP contribution < -0.4 is 9.04 Å². The maximum atomic E-state index is 13.6. The lowest BCUT2D eigenvalue weighted by molar-refractivity contribution is -0.132. The van der Waals surface area contributed by atoms with Gasteiger partial charge in [-0.1, -0.05) is 26.0 Å². The lowest BCUT2D eigenvalue weighted by Crippen LogP contribution is -2.48. The van der Waals surface area contributed by atoms with Crippen LogP contribution >= 0.6 is 0 Å². The largest absolute Gasteiger partial charge is 0.497 e. The van der Waals surface area contributed by atoms with Crippen molar-refractivity contribution in [2.45, 2.75) is 32.1 Å². The Labute approximate surface area is 190 Å². The van der Waals surface area contributed by atoms with Gasteiger partial charge in [-0.15, -0.1) is 0 Å². The molecule has 0 bridgehead atoms. The molecule has 2 aromatic carbocycles. The zero-order valence-corrected chi connectivity index (χ0v) is 19.8. The minimum Gasteiger partial charge on any atom is -0.497 e. The number of hydrogen-bond acceptors (Lipinski definition) is 5. The zero-order valence-electron chi connectivity index (χ0n) is 18.9. The van der Waals surface area contributed by atoms with Gasteiger partial charge in [-0.25, -0.2) is 8.42 Å². The number of ketones is 1. The van der Waals surface area contributed by atoms with E-state index in [4.69, 9.17) is 4.74 Å². The van der Waals surface area contributed by atoms with Gasteiger partial charge in [0.15, 0.2) is 5.78 Å². The molecule has 2 aromatic rings. The van der Waals surface area contributed by atoms with E-state index in [0.717, 1.165) is 10.7 Å². The second kappa shape index (κ2) is 9.73. The number of amides is 1. The molecule has 0 aliphatic carbocycles. The molecule has 2 unspecified atom stereocenters. The highest BCUT2D eigenvalue weighted by molar-refractivity contribution is 7.92. The van der Waals surface area contributed by atoms with E-state index >= 15 is 0 Å². The van der Waals surface area contributed by atoms with E-state index in [0.29, 0.717) is 41.9 Å². The highest BCUT2D eigenvalue weighted by Gasteiger charge is 2.31. The quantitative estimate of drug-likeness (QED) is 0.592. The molecule has 0 radical (unpaired) electrons. The smallest absolute Gasteiger partial charge is 0.264 e. The van der Waals surface area contributed by atoms with Crippen molar-refractivity contribution in [2.24, 2.45) is 11.8 Å². The van der Waals surface area contributed by atoms with Crippen molar-refractivity contribution in [2.75, 3.05) is 31.0 Å². The standard InChI is InChI=1S/C24H30N2O5S/c1-17-13-18(2)15-25(14-17)24(28)16-26(21-7-9-22(31-4)10-8-21)32(29,30)23-11-5-20(6-12-23)19(3)27/h5-12,17-18H,13-16H2,1-4H3. The number of likely N-dealkylation sites (tertiary alicyclic amines) is 1. The Hall–Kier alpha value is -2.87. The Bertz CT molecular complexity index is 1050. The summed E-state index contributed by atoms with van der Waals surface area (Å²) in [5.41, 5.74) is 0.792. The van der Waals surface area contributed by atoms with Crippen LogP contribution in [-0.2, 0) is 14.8 Å². The van der Waals surface area contributed by atoms with E-state index in [9.17, 15) is 18.0 Å². The van der Waals surface area contributed by atoms with E-state index in [1.54, 1.807) is 29.2 Å². The summed E-state index contributed by atoms with van der Waals surface area (Å²) in [7, 11) is -2.51. The van der Waals surface area contributed by atoms with Crippen molar-refractivity contribution < 1.29 is 22.7 Å². The Morgan fingerprint density at radius 2 is 1.56 bits per heavy atom. The Morgan fingerprint density at radius 1 is 1.00 bits per heavy atom. The molecule has 0 aromatic heterocycles. The summed E-state index contributed by atoms with van der Waals surface area (Å²) in [5, 5.41) is 0. The number of carbonyl (C=O) groups is 2. The number of ether oxygens (including phenoxy) is 1. The van der Waals surface area contributed by atoms with E-state index in [1.807, 2.05) is 0 Å². The molecular weight excluding hydrogens is 428 g/mol. The van der Waals surface area contributed by atoms with Crippen LogP contribution in [0.4, 0.5) is 5.69 Å². The number of methoxy groups -OCH3 is 1. The number of anilines is 1. The SMILES string of the molecule is COc1ccc(N(CC(=O)N2CC(C)CC(C)C2)S(=O)(=O)c2ccc(C(C)=O)cc2)cc1. The van der Waals surface area contributed by atoms with Gasteiger partial charge in [0.2, 0.25) is 5.91 Å². The first-order chi connectivity index (χ1) is 15.1. The van der Waals surface area contributed by atoms with Crippen molar-refractivity contribution >= 4 is 27.4 Å². The first-order valence-electron chi connectivity index (χ1n) is 10.7. The maximum Gasteiger partial charge on any atom is 0.264 e. The van der Waals surface area contributed by atoms with Gasteiger partial charge in [0.25, 0.3) is 10.0 Å². The first-order valence-corrected chi connectivity index (χ1v) is 12.1. The van der Waals surface area contributed by atoms with E-state index in [1.165, 1.54) is 38.3 Å². The molecule has 1 saturated heterocycles. The second-order valence-corrected chi connectivity index (χ2v) is 10.4. The number of nitrogens with zero attached hydrogens (tertiary/aromatic N) is 2. The molecule has 1 amide bonds. The Balaban J connectivity index is 1.96. The number of Topliss-reactive ketones (excluding diaryl/α,β-unsaturated/α-hetero) is 1. The van der Waals surface area contributed by atoms with Crippen molar-refractivity contribution in [3.05, 3.63) is 54.1 Å². The number of sulfonamides is 1. The van der Waals surface area contributed by atoms with Crippen LogP contribution in [0.15, 0.2) is 53.4 Å². The zero-order chi connectivity index (χ0) is 23.5. The van der Waals surface area contributed by atoms with Crippen LogP contribution in [0, 0.1) is 11.8 Å². The topological polar surface area (TPSA) is 84.0 Å². The lowest BCUT2D eigenvalue weighted by Gasteiger charge is -2.36. The predicted molar refractivity (Wildman–Crippen MR) is 123 cm³/mol. The van der Waals surface area contributed by atoms with Gasteiger partial charge in [0.05, 0.1) is 17.7 Å². The average Bonchev–Trinajstić information content (AvgIpc) is 2.76. The monoisotopic (exact) mass is 458 g/mol. The number of hydrogen-bond donors (Lipinski definition) is 0. The van der Waals surface area contributed by atoms with Crippen molar-refractivity contribution in [1.82, 2.24) is 4.90 Å². The van der Waals surface area contributed by atoms with Gasteiger partial charge in [-0.3, -0.25) is 13.9 Å². The summed E-state index contributed by atoms with van der Waals surface area (Å²) in [6, 6.07) is 12.3. The average molecular weight is 459 g/mol. The molecule has 3 rings (SSSR count). The normalized spacial score (nSPS) is 18.8. The molecule has 32 heavy (non-hydrogen) atoms. The summed E-state index contributed by atoms with van der Waals surface area (Å²) in [5.74, 6) is 0.940. The van der Waals surface area contributed by atoms with Crippen molar-refractivity contribution in [3.8, 4) is 5.75 Å². The molecule has 1 heterocycles. The summed E-state index contributed by atoms with van der Waals surface area (Å²) < 4.78 is 33.4. The van der Waals surface area contributed by atoms with Gasteiger partial charge in [-0.05, 0) is 61.6 Å². The highest BCUT2D eigenvalue weighted by Crippen LogP contribution is 2.27. The fraction of sp³-hybridized carbons (Fsp3) is 0.417. The van der Waals surface area contributed by atoms with Gasteiger partial charge in [0.1, 0.15) is 12.3 Å². The van der Waals surface area contributed by atoms with Gasteiger partial charge in [-0.2, -0.15) is 0 Å². The van der Waals surface area contributed by atoms with E-state index in [-0.39, 0.29) is 23.1 Å². The van der Waals surface area contributed by atoms with Crippen LogP contribution in [0.3, 0.4) is 0 Å². The van der Waals surface area contributed by atoms with Crippen LogP contribution in [0.25, 0.3) is 0 Å². The molecule has 0 saturated carbocycles. The minimum absolute atomic E-state index is 0.0199. The van der Waals surface area contributed by atoms with E-state index in [2.05, 4.69) is 13.8 Å². The van der Waals surface area contributed by atoms with Crippen LogP contribution in [0.2, 0.25) is 0 Å². The third-order valence-electron chi connectivity index (χ3n) is 5.71. The molecule has 7 nitrogen and oxygen atoms in total. The Morgan fingerprint density at radius 3 is 2.06 bits per heavy atom. The van der Waals surface area contributed by atoms with Crippen LogP contribution in [-0.4, -0.2) is 51.8 Å². The summed E-state index contributed by atoms with van der Waals surface area (Å²) in [6.07, 6.45) is 1.05. The molecule has 0 spiro atoms. The summed E-state index contributed by atoms with van der Waals surface area (Å²) >= 11 is 0. The van der Waals surface area contributed by atoms with E-state index < -0.39 is 10.0 Å². The molecule has 0 N–H and O–H groups in total. The van der Waals surface area contributed by atoms with Crippen molar-refractivity contribution in [3.63, 3.8) is 0 Å².